The Bertz CT molecular complexity index is 561. The van der Waals surface area contributed by atoms with Crippen LogP contribution in [0.2, 0.25) is 0 Å². The van der Waals surface area contributed by atoms with Crippen molar-refractivity contribution >= 4 is 17.3 Å². The summed E-state index contributed by atoms with van der Waals surface area (Å²) in [5.74, 6) is 0.513. The molecule has 0 aliphatic carbocycles. The molecule has 2 rings (SSSR count). The van der Waals surface area contributed by atoms with Gasteiger partial charge in [0.1, 0.15) is 0 Å². The van der Waals surface area contributed by atoms with E-state index in [9.17, 15) is 0 Å². The molecule has 2 aromatic rings. The van der Waals surface area contributed by atoms with Crippen molar-refractivity contribution in [1.29, 1.82) is 0 Å². The van der Waals surface area contributed by atoms with Crippen LogP contribution in [0.1, 0.15) is 12.5 Å². The molecule has 3 heteroatoms. The predicted octanol–water partition coefficient (Wildman–Crippen LogP) is 3.47. The van der Waals surface area contributed by atoms with Crippen molar-refractivity contribution in [2.45, 2.75) is 13.8 Å². The minimum atomic E-state index is 0.513. The zero-order valence-corrected chi connectivity index (χ0v) is 11.4. The minimum Gasteiger partial charge on any atom is -0.369 e. The molecule has 0 heterocycles. The van der Waals surface area contributed by atoms with Crippen molar-refractivity contribution in [2.75, 3.05) is 11.4 Å². The van der Waals surface area contributed by atoms with Crippen molar-refractivity contribution in [3.8, 4) is 0 Å². The molecule has 0 spiro atoms. The van der Waals surface area contributed by atoms with Crippen LogP contribution in [0.25, 0.3) is 0 Å². The van der Waals surface area contributed by atoms with Gasteiger partial charge in [0.2, 0.25) is 5.96 Å². The van der Waals surface area contributed by atoms with Gasteiger partial charge < -0.3 is 10.6 Å². The number of guanidine groups is 1. The van der Waals surface area contributed by atoms with Gasteiger partial charge in [-0.3, -0.25) is 0 Å². The second-order valence-corrected chi connectivity index (χ2v) is 4.39. The summed E-state index contributed by atoms with van der Waals surface area (Å²) in [4.78, 5) is 6.46. The fourth-order valence-corrected chi connectivity index (χ4v) is 1.97. The fraction of sp³-hybridized carbons (Fsp3) is 0.188. The van der Waals surface area contributed by atoms with E-state index >= 15 is 0 Å². The first-order valence-electron chi connectivity index (χ1n) is 6.44. The number of rotatable bonds is 3. The maximum Gasteiger partial charge on any atom is 0.201 e. The number of nitrogens with two attached hydrogens (primary N) is 1. The zero-order chi connectivity index (χ0) is 13.7. The van der Waals surface area contributed by atoms with E-state index in [2.05, 4.69) is 31.0 Å². The number of hydrogen-bond acceptors (Lipinski definition) is 1. The molecular weight excluding hydrogens is 234 g/mol. The fourth-order valence-electron chi connectivity index (χ4n) is 1.97. The molecule has 19 heavy (non-hydrogen) atoms. The summed E-state index contributed by atoms with van der Waals surface area (Å²) < 4.78 is 0. The number of para-hydroxylation sites is 1. The van der Waals surface area contributed by atoms with Crippen LogP contribution < -0.4 is 10.6 Å². The van der Waals surface area contributed by atoms with Crippen molar-refractivity contribution in [1.82, 2.24) is 0 Å². The number of benzene rings is 2. The summed E-state index contributed by atoms with van der Waals surface area (Å²) >= 11 is 0. The third-order valence-electron chi connectivity index (χ3n) is 2.91. The molecule has 0 aliphatic heterocycles. The Balaban J connectivity index is 2.29. The Morgan fingerprint density at radius 1 is 1.11 bits per heavy atom. The highest BCUT2D eigenvalue weighted by Gasteiger charge is 2.08. The molecule has 0 amide bonds. The zero-order valence-electron chi connectivity index (χ0n) is 11.4. The third-order valence-corrected chi connectivity index (χ3v) is 2.91. The molecule has 0 aromatic heterocycles. The Hall–Kier alpha value is -2.29. The second kappa shape index (κ2) is 6.05. The predicted molar refractivity (Wildman–Crippen MR) is 81.9 cm³/mol. The first-order valence-corrected chi connectivity index (χ1v) is 6.44. The molecule has 2 N–H and O–H groups in total. The largest absolute Gasteiger partial charge is 0.369 e. The lowest BCUT2D eigenvalue weighted by Crippen LogP contribution is -2.37. The Labute approximate surface area is 114 Å². The maximum absolute atomic E-state index is 6.12. The van der Waals surface area contributed by atoms with E-state index in [1.54, 1.807) is 0 Å². The van der Waals surface area contributed by atoms with E-state index in [4.69, 9.17) is 5.73 Å². The summed E-state index contributed by atoms with van der Waals surface area (Å²) in [5, 5.41) is 0. The average molecular weight is 253 g/mol. The first-order chi connectivity index (χ1) is 9.20. The van der Waals surface area contributed by atoms with Crippen LogP contribution in [0.3, 0.4) is 0 Å². The SMILES string of the molecule is CCN(C(N)=Nc1ccccc1)c1cccc(C)c1. The summed E-state index contributed by atoms with van der Waals surface area (Å²) in [5.41, 5.74) is 9.27. The van der Waals surface area contributed by atoms with Gasteiger partial charge in [0.25, 0.3) is 0 Å². The van der Waals surface area contributed by atoms with Gasteiger partial charge in [-0.1, -0.05) is 30.3 Å². The van der Waals surface area contributed by atoms with Crippen LogP contribution in [0.5, 0.6) is 0 Å². The van der Waals surface area contributed by atoms with Crippen molar-refractivity contribution in [3.63, 3.8) is 0 Å². The summed E-state index contributed by atoms with van der Waals surface area (Å²) in [6, 6.07) is 18.0. The molecule has 0 saturated carbocycles. The van der Waals surface area contributed by atoms with Gasteiger partial charge in [-0.05, 0) is 43.7 Å². The van der Waals surface area contributed by atoms with Crippen LogP contribution >= 0.6 is 0 Å². The van der Waals surface area contributed by atoms with Gasteiger partial charge in [-0.2, -0.15) is 0 Å². The van der Waals surface area contributed by atoms with E-state index in [1.807, 2.05) is 47.4 Å². The smallest absolute Gasteiger partial charge is 0.201 e. The van der Waals surface area contributed by atoms with E-state index in [1.165, 1.54) is 5.56 Å². The summed E-state index contributed by atoms with van der Waals surface area (Å²) in [6.45, 7) is 4.92. The van der Waals surface area contributed by atoms with E-state index in [0.29, 0.717) is 5.96 Å². The standard InChI is InChI=1S/C16H19N3/c1-3-19(15-11-7-8-13(2)12-15)16(17)18-14-9-5-4-6-10-14/h4-12H,3H2,1-2H3,(H2,17,18). The lowest BCUT2D eigenvalue weighted by Gasteiger charge is -2.22. The van der Waals surface area contributed by atoms with Crippen LogP contribution in [-0.4, -0.2) is 12.5 Å². The highest BCUT2D eigenvalue weighted by molar-refractivity contribution is 5.96. The van der Waals surface area contributed by atoms with E-state index in [-0.39, 0.29) is 0 Å². The number of aryl methyl sites for hydroxylation is 1. The van der Waals surface area contributed by atoms with E-state index in [0.717, 1.165) is 17.9 Å². The molecule has 0 radical (unpaired) electrons. The quantitative estimate of drug-likeness (QED) is 0.672. The molecule has 0 fully saturated rings. The third kappa shape index (κ3) is 3.35. The molecule has 0 atom stereocenters. The Morgan fingerprint density at radius 2 is 1.84 bits per heavy atom. The average Bonchev–Trinajstić information content (AvgIpc) is 2.41. The van der Waals surface area contributed by atoms with Crippen molar-refractivity contribution in [2.24, 2.45) is 10.7 Å². The van der Waals surface area contributed by atoms with Crippen LogP contribution in [-0.2, 0) is 0 Å². The van der Waals surface area contributed by atoms with Crippen LogP contribution in [0.4, 0.5) is 11.4 Å². The molecule has 98 valence electrons. The summed E-state index contributed by atoms with van der Waals surface area (Å²) in [7, 11) is 0. The highest BCUT2D eigenvalue weighted by atomic mass is 15.2. The molecule has 2 aromatic carbocycles. The van der Waals surface area contributed by atoms with Crippen molar-refractivity contribution in [3.05, 3.63) is 60.2 Å². The van der Waals surface area contributed by atoms with Gasteiger partial charge in [0.05, 0.1) is 5.69 Å². The molecule has 0 bridgehead atoms. The monoisotopic (exact) mass is 253 g/mol. The van der Waals surface area contributed by atoms with Crippen LogP contribution in [0.15, 0.2) is 59.6 Å². The van der Waals surface area contributed by atoms with Crippen molar-refractivity contribution < 1.29 is 0 Å². The number of hydrogen-bond donors (Lipinski definition) is 1. The molecule has 0 saturated heterocycles. The number of anilines is 1. The van der Waals surface area contributed by atoms with Gasteiger partial charge in [0, 0.05) is 12.2 Å². The van der Waals surface area contributed by atoms with Gasteiger partial charge in [0.15, 0.2) is 0 Å². The van der Waals surface area contributed by atoms with E-state index < -0.39 is 0 Å². The summed E-state index contributed by atoms with van der Waals surface area (Å²) in [6.07, 6.45) is 0. The van der Waals surface area contributed by atoms with Crippen LogP contribution in [0, 0.1) is 6.92 Å². The van der Waals surface area contributed by atoms with Gasteiger partial charge >= 0.3 is 0 Å². The van der Waals surface area contributed by atoms with Gasteiger partial charge in [-0.25, -0.2) is 4.99 Å². The normalized spacial score (nSPS) is 11.4. The highest BCUT2D eigenvalue weighted by Crippen LogP contribution is 2.17. The second-order valence-electron chi connectivity index (χ2n) is 4.39. The van der Waals surface area contributed by atoms with Gasteiger partial charge in [-0.15, -0.1) is 0 Å². The lowest BCUT2D eigenvalue weighted by atomic mass is 10.2. The number of nitrogens with zero attached hydrogens (tertiary/aromatic N) is 2. The molecular formula is C16H19N3. The topological polar surface area (TPSA) is 41.6 Å². The maximum atomic E-state index is 6.12. The lowest BCUT2D eigenvalue weighted by molar-refractivity contribution is 1.04. The molecule has 0 aliphatic rings. The first kappa shape index (κ1) is 13.1. The Kier molecular flexibility index (Phi) is 4.18. The molecule has 0 unspecified atom stereocenters. The number of aliphatic imine (C=N–C) groups is 1. The Morgan fingerprint density at radius 3 is 2.47 bits per heavy atom. The minimum absolute atomic E-state index is 0.513. The molecule has 3 nitrogen and oxygen atoms in total.